The molecular formula is C24H27BF2N2O3. The zero-order valence-corrected chi connectivity index (χ0v) is 18.6. The molecule has 1 amide bonds. The molecule has 1 N–H and O–H groups in total. The van der Waals surface area contributed by atoms with Gasteiger partial charge >= 0.3 is 6.29 Å². The van der Waals surface area contributed by atoms with Crippen molar-refractivity contribution in [3.8, 4) is 11.5 Å². The van der Waals surface area contributed by atoms with Gasteiger partial charge in [-0.3, -0.25) is 4.79 Å². The van der Waals surface area contributed by atoms with Crippen molar-refractivity contribution in [3.05, 3.63) is 47.5 Å². The van der Waals surface area contributed by atoms with Crippen LogP contribution in [0.25, 0.3) is 0 Å². The van der Waals surface area contributed by atoms with E-state index in [0.717, 1.165) is 25.0 Å². The van der Waals surface area contributed by atoms with Gasteiger partial charge in [-0.1, -0.05) is 26.2 Å². The Bertz CT molecular complexity index is 1070. The van der Waals surface area contributed by atoms with Crippen LogP contribution in [0.15, 0.2) is 36.4 Å². The number of halogens is 2. The van der Waals surface area contributed by atoms with Crippen LogP contribution < -0.4 is 19.7 Å². The first-order chi connectivity index (χ1) is 15.2. The Hall–Kier alpha value is -2.77. The number of hydrogen-bond acceptors (Lipinski definition) is 4. The highest BCUT2D eigenvalue weighted by Gasteiger charge is 2.52. The molecule has 1 atom stereocenters. The van der Waals surface area contributed by atoms with E-state index >= 15 is 0 Å². The number of fused-ring (bicyclic) bond motifs is 2. The third-order valence-electron chi connectivity index (χ3n) is 6.85. The highest BCUT2D eigenvalue weighted by Crippen LogP contribution is 2.52. The van der Waals surface area contributed by atoms with Gasteiger partial charge in [-0.25, -0.2) is 0 Å². The molecule has 0 radical (unpaired) electrons. The number of carbonyl (C=O) groups excluding carboxylic acids is 1. The fourth-order valence-electron chi connectivity index (χ4n) is 5.01. The van der Waals surface area contributed by atoms with Crippen LogP contribution in [0.4, 0.5) is 20.2 Å². The van der Waals surface area contributed by atoms with Crippen LogP contribution in [0.3, 0.4) is 0 Å². The molecule has 0 bridgehead atoms. The van der Waals surface area contributed by atoms with E-state index in [4.69, 9.17) is 0 Å². The van der Waals surface area contributed by atoms with Crippen molar-refractivity contribution in [2.45, 2.75) is 57.2 Å². The van der Waals surface area contributed by atoms with Crippen molar-refractivity contribution in [3.63, 3.8) is 0 Å². The van der Waals surface area contributed by atoms with Crippen LogP contribution in [0, 0.1) is 5.92 Å². The Morgan fingerprint density at radius 1 is 1.19 bits per heavy atom. The van der Waals surface area contributed by atoms with Crippen molar-refractivity contribution in [1.82, 2.24) is 0 Å². The first kappa shape index (κ1) is 21.1. The fourth-order valence-corrected chi connectivity index (χ4v) is 5.01. The van der Waals surface area contributed by atoms with Gasteiger partial charge in [0.1, 0.15) is 7.85 Å². The van der Waals surface area contributed by atoms with Crippen LogP contribution >= 0.6 is 0 Å². The number of benzene rings is 2. The highest BCUT2D eigenvalue weighted by atomic mass is 19.3. The summed E-state index contributed by atoms with van der Waals surface area (Å²) in [5.74, 6) is 0.386. The molecule has 1 aliphatic carbocycles. The molecule has 2 aromatic carbocycles. The summed E-state index contributed by atoms with van der Waals surface area (Å²) in [6.45, 7) is 5.52. The maximum Gasteiger partial charge on any atom is 0.586 e. The molecule has 2 aromatic rings. The Labute approximate surface area is 187 Å². The van der Waals surface area contributed by atoms with Crippen LogP contribution in [0.1, 0.15) is 37.8 Å². The second-order valence-electron chi connectivity index (χ2n) is 9.42. The van der Waals surface area contributed by atoms with Gasteiger partial charge in [0.15, 0.2) is 11.5 Å². The maximum absolute atomic E-state index is 13.4. The Kier molecular flexibility index (Phi) is 4.87. The number of rotatable bonds is 6. The third kappa shape index (κ3) is 3.50. The number of amides is 1. The zero-order valence-electron chi connectivity index (χ0n) is 18.6. The van der Waals surface area contributed by atoms with Crippen molar-refractivity contribution in [2.24, 2.45) is 5.92 Å². The van der Waals surface area contributed by atoms with Gasteiger partial charge in [-0.2, -0.15) is 0 Å². The van der Waals surface area contributed by atoms with Crippen molar-refractivity contribution in [2.75, 3.05) is 16.8 Å². The van der Waals surface area contributed by atoms with Crippen LogP contribution in [0.5, 0.6) is 11.5 Å². The van der Waals surface area contributed by atoms with Gasteiger partial charge in [0.05, 0.1) is 5.41 Å². The Balaban J connectivity index is 1.35. The zero-order chi connectivity index (χ0) is 22.7. The van der Waals surface area contributed by atoms with Gasteiger partial charge in [0, 0.05) is 24.0 Å². The summed E-state index contributed by atoms with van der Waals surface area (Å²) in [6, 6.07) is 11.2. The van der Waals surface area contributed by atoms with E-state index in [1.807, 2.05) is 6.07 Å². The van der Waals surface area contributed by atoms with Gasteiger partial charge in [0.2, 0.25) is 5.91 Å². The number of hydrogen-bond donors (Lipinski definition) is 1. The molecule has 1 fully saturated rings. The monoisotopic (exact) mass is 440 g/mol. The molecule has 5 nitrogen and oxygen atoms in total. The number of carbonyl (C=O) groups is 1. The van der Waals surface area contributed by atoms with Crippen LogP contribution in [0.2, 0.25) is 6.32 Å². The highest BCUT2D eigenvalue weighted by molar-refractivity contribution is 6.08. The predicted molar refractivity (Wildman–Crippen MR) is 122 cm³/mol. The predicted octanol–water partition coefficient (Wildman–Crippen LogP) is 4.12. The molecule has 3 aliphatic rings. The average Bonchev–Trinajstić information content (AvgIpc) is 3.38. The number of anilines is 2. The van der Waals surface area contributed by atoms with E-state index in [1.165, 1.54) is 23.4 Å². The molecule has 0 saturated heterocycles. The standard InChI is InChI=1S/C24H27BF2N2O3/c1-14(2)19-12-15-11-17(4-5-18(15)29(19)10-9-25)28-22(30)23(7-8-23)16-3-6-20-21(13-16)32-24(26,27)31-20/h3-6,11,13-14,19H,7-10,12,25H2,1-2H3,(H,28,30). The average molecular weight is 440 g/mol. The Morgan fingerprint density at radius 3 is 2.62 bits per heavy atom. The second kappa shape index (κ2) is 7.39. The van der Waals surface area contributed by atoms with E-state index in [-0.39, 0.29) is 17.4 Å². The molecule has 1 unspecified atom stereocenters. The summed E-state index contributed by atoms with van der Waals surface area (Å²) in [5.41, 5.74) is 3.23. The summed E-state index contributed by atoms with van der Waals surface area (Å²) in [5, 5.41) is 3.07. The molecule has 32 heavy (non-hydrogen) atoms. The topological polar surface area (TPSA) is 50.8 Å². The van der Waals surface area contributed by atoms with Crippen LogP contribution in [-0.4, -0.2) is 32.6 Å². The van der Waals surface area contributed by atoms with Crippen molar-refractivity contribution >= 4 is 25.1 Å². The lowest BCUT2D eigenvalue weighted by Gasteiger charge is -2.30. The number of ether oxygens (including phenoxy) is 2. The number of alkyl halides is 2. The van der Waals surface area contributed by atoms with Gasteiger partial charge in [-0.05, 0) is 66.6 Å². The lowest BCUT2D eigenvalue weighted by atomic mass is 9.94. The summed E-state index contributed by atoms with van der Waals surface area (Å²) in [7, 11) is 2.19. The summed E-state index contributed by atoms with van der Waals surface area (Å²) < 4.78 is 35.8. The minimum absolute atomic E-state index is 0.00933. The second-order valence-corrected chi connectivity index (χ2v) is 9.42. The summed E-state index contributed by atoms with van der Waals surface area (Å²) in [6.07, 6.45) is -0.272. The van der Waals surface area contributed by atoms with Crippen LogP contribution in [-0.2, 0) is 16.6 Å². The lowest BCUT2D eigenvalue weighted by molar-refractivity contribution is -0.286. The molecular weight excluding hydrogens is 413 g/mol. The molecule has 0 spiro atoms. The van der Waals surface area contributed by atoms with Gasteiger partial charge in [-0.15, -0.1) is 8.78 Å². The van der Waals surface area contributed by atoms with Gasteiger partial charge < -0.3 is 19.7 Å². The number of nitrogens with zero attached hydrogens (tertiary/aromatic N) is 1. The normalized spacial score (nSPS) is 21.5. The third-order valence-corrected chi connectivity index (χ3v) is 6.85. The molecule has 1 saturated carbocycles. The minimum atomic E-state index is -3.66. The molecule has 5 rings (SSSR count). The smallest absolute Gasteiger partial charge is 0.395 e. The Morgan fingerprint density at radius 2 is 1.94 bits per heavy atom. The van der Waals surface area contributed by atoms with E-state index in [1.54, 1.807) is 6.07 Å². The quantitative estimate of drug-likeness (QED) is 0.687. The van der Waals surface area contributed by atoms with Gasteiger partial charge in [0.25, 0.3) is 0 Å². The molecule has 168 valence electrons. The summed E-state index contributed by atoms with van der Waals surface area (Å²) >= 11 is 0. The largest absolute Gasteiger partial charge is 0.586 e. The van der Waals surface area contributed by atoms with Crippen molar-refractivity contribution in [1.29, 1.82) is 0 Å². The minimum Gasteiger partial charge on any atom is -0.395 e. The van der Waals surface area contributed by atoms with E-state index in [0.29, 0.717) is 30.4 Å². The maximum atomic E-state index is 13.4. The van der Waals surface area contributed by atoms with Crippen molar-refractivity contribution < 1.29 is 23.0 Å². The lowest BCUT2D eigenvalue weighted by Crippen LogP contribution is -2.36. The first-order valence-electron chi connectivity index (χ1n) is 11.3. The van der Waals surface area contributed by atoms with E-state index < -0.39 is 11.7 Å². The van der Waals surface area contributed by atoms with E-state index in [9.17, 15) is 13.6 Å². The molecule has 8 heteroatoms. The molecule has 2 heterocycles. The van der Waals surface area contributed by atoms with E-state index in [2.05, 4.69) is 53.5 Å². The number of nitrogens with one attached hydrogen (secondary N) is 1. The molecule has 2 aliphatic heterocycles. The molecule has 0 aromatic heterocycles. The fraction of sp³-hybridized carbons (Fsp3) is 0.458. The SMILES string of the molecule is BCCN1c2ccc(NC(=O)C3(c4ccc5c(c4)OC(F)(F)O5)CC3)cc2CC1C(C)C. The summed E-state index contributed by atoms with van der Waals surface area (Å²) in [4.78, 5) is 15.7. The first-order valence-corrected chi connectivity index (χ1v) is 11.3.